The highest BCUT2D eigenvalue weighted by atomic mass is 32.1. The van der Waals surface area contributed by atoms with Gasteiger partial charge in [-0.1, -0.05) is 31.5 Å². The zero-order chi connectivity index (χ0) is 17.3. The molecule has 0 bridgehead atoms. The largest absolute Gasteiger partial charge is 0.371 e. The molecule has 1 atom stereocenters. The Hall–Kier alpha value is -1.23. The molecule has 1 aromatic rings. The number of nitrogens with zero attached hydrogens (tertiary/aromatic N) is 3. The second-order valence-electron chi connectivity index (χ2n) is 5.05. The van der Waals surface area contributed by atoms with Gasteiger partial charge in [0.05, 0.1) is 12.2 Å². The van der Waals surface area contributed by atoms with E-state index in [1.165, 1.54) is 5.69 Å². The summed E-state index contributed by atoms with van der Waals surface area (Å²) in [5.74, 6) is 0.124. The average Bonchev–Trinajstić information content (AvgIpc) is 2.54. The van der Waals surface area contributed by atoms with Crippen molar-refractivity contribution in [1.29, 1.82) is 0 Å². The van der Waals surface area contributed by atoms with E-state index in [-0.39, 0.29) is 11.9 Å². The zero-order valence-electron chi connectivity index (χ0n) is 15.5. The van der Waals surface area contributed by atoms with Crippen molar-refractivity contribution in [2.75, 3.05) is 20.1 Å². The fourth-order valence-corrected chi connectivity index (χ4v) is 3.01. The summed E-state index contributed by atoms with van der Waals surface area (Å²) in [5.41, 5.74) is 2.06. The Bertz CT molecular complexity index is 462. The maximum Gasteiger partial charge on any atom is 0.270 e. The van der Waals surface area contributed by atoms with E-state index in [2.05, 4.69) is 30.1 Å². The minimum absolute atomic E-state index is 0.124. The van der Waals surface area contributed by atoms with Gasteiger partial charge in [0, 0.05) is 37.3 Å². The van der Waals surface area contributed by atoms with Crippen LogP contribution in [0.2, 0.25) is 0 Å². The van der Waals surface area contributed by atoms with E-state index < -0.39 is 0 Å². The summed E-state index contributed by atoms with van der Waals surface area (Å²) in [6, 6.07) is 0.198. The van der Waals surface area contributed by atoms with Crippen LogP contribution in [-0.4, -0.2) is 45.8 Å². The maximum atomic E-state index is 12.7. The fourth-order valence-electron chi connectivity index (χ4n) is 2.24. The van der Waals surface area contributed by atoms with Crippen LogP contribution in [0.25, 0.3) is 0 Å². The minimum atomic E-state index is 0.124. The Morgan fingerprint density at radius 1 is 1.36 bits per heavy atom. The number of aryl methyl sites for hydroxylation is 1. The highest BCUT2D eigenvalue weighted by Crippen LogP contribution is 2.16. The third kappa shape index (κ3) is 5.20. The fraction of sp³-hybridized carbons (Fsp3) is 0.706. The Kier molecular flexibility index (Phi) is 9.90. The van der Waals surface area contributed by atoms with Crippen LogP contribution >= 0.6 is 11.5 Å². The van der Waals surface area contributed by atoms with Crippen molar-refractivity contribution in [3.63, 3.8) is 0 Å². The molecule has 0 saturated carbocycles. The quantitative estimate of drug-likeness (QED) is 0.709. The molecule has 1 aromatic heterocycles. The van der Waals surface area contributed by atoms with Crippen LogP contribution in [0.3, 0.4) is 0 Å². The molecule has 128 valence electrons. The summed E-state index contributed by atoms with van der Waals surface area (Å²) in [6.07, 6.45) is 1.91. The normalized spacial score (nSPS) is 12.5. The van der Waals surface area contributed by atoms with E-state index in [4.69, 9.17) is 0 Å². The first-order valence-corrected chi connectivity index (χ1v) is 9.09. The van der Waals surface area contributed by atoms with Crippen molar-refractivity contribution >= 4 is 17.4 Å². The third-order valence-corrected chi connectivity index (χ3v) is 4.82. The number of hydrogen-bond donors (Lipinski definition) is 0. The molecule has 0 N–H and O–H groups in total. The first-order chi connectivity index (χ1) is 10.5. The molecule has 0 aromatic carbocycles. The molecule has 22 heavy (non-hydrogen) atoms. The van der Waals surface area contributed by atoms with Crippen LogP contribution in [0.15, 0.2) is 17.2 Å². The number of aromatic nitrogens is 1. The summed E-state index contributed by atoms with van der Waals surface area (Å²) >= 11 is 1.71. The predicted molar refractivity (Wildman–Crippen MR) is 97.3 cm³/mol. The van der Waals surface area contributed by atoms with E-state index in [1.807, 2.05) is 50.6 Å². The number of hydrogen-bond acceptors (Lipinski definition) is 3. The molecule has 1 amide bonds. The molecule has 0 saturated heterocycles. The molecular formula is C17H33N3OS. The second kappa shape index (κ2) is 10.5. The zero-order valence-corrected chi connectivity index (χ0v) is 16.3. The number of carbonyl (C=O) groups excluding carboxylic acids is 1. The smallest absolute Gasteiger partial charge is 0.270 e. The summed E-state index contributed by atoms with van der Waals surface area (Å²) in [5, 5.41) is 2.13. The van der Waals surface area contributed by atoms with E-state index in [0.717, 1.165) is 25.3 Å². The van der Waals surface area contributed by atoms with E-state index in [0.29, 0.717) is 0 Å². The average molecular weight is 328 g/mol. The van der Waals surface area contributed by atoms with E-state index in [9.17, 15) is 4.79 Å². The van der Waals surface area contributed by atoms with Gasteiger partial charge < -0.3 is 9.80 Å². The van der Waals surface area contributed by atoms with Gasteiger partial charge in [-0.15, -0.1) is 0 Å². The van der Waals surface area contributed by atoms with Crippen molar-refractivity contribution < 1.29 is 4.79 Å². The molecule has 0 aliphatic rings. The highest BCUT2D eigenvalue weighted by molar-refractivity contribution is 7.05. The topological polar surface area (TPSA) is 28.5 Å². The van der Waals surface area contributed by atoms with Gasteiger partial charge in [-0.05, 0) is 34.6 Å². The summed E-state index contributed by atoms with van der Waals surface area (Å²) in [4.78, 5) is 16.6. The van der Waals surface area contributed by atoms with Crippen LogP contribution in [0.1, 0.15) is 47.2 Å². The molecule has 0 spiro atoms. The van der Waals surface area contributed by atoms with Gasteiger partial charge in [0.1, 0.15) is 0 Å². The van der Waals surface area contributed by atoms with Gasteiger partial charge in [-0.25, -0.2) is 0 Å². The van der Waals surface area contributed by atoms with Crippen LogP contribution in [-0.2, 0) is 11.3 Å². The van der Waals surface area contributed by atoms with Crippen molar-refractivity contribution in [2.24, 2.45) is 0 Å². The Morgan fingerprint density at radius 3 is 2.27 bits per heavy atom. The third-order valence-electron chi connectivity index (χ3n) is 3.69. The first-order valence-electron chi connectivity index (χ1n) is 8.25. The molecule has 1 rings (SSSR count). The van der Waals surface area contributed by atoms with Crippen LogP contribution in [0, 0.1) is 6.92 Å². The lowest BCUT2D eigenvalue weighted by Gasteiger charge is -2.32. The van der Waals surface area contributed by atoms with Crippen LogP contribution < -0.4 is 0 Å². The molecule has 4 nitrogen and oxygen atoms in total. The molecular weight excluding hydrogens is 294 g/mol. The summed E-state index contributed by atoms with van der Waals surface area (Å²) in [7, 11) is 1.96. The second-order valence-corrected chi connectivity index (χ2v) is 5.94. The molecule has 0 aliphatic carbocycles. The van der Waals surface area contributed by atoms with Gasteiger partial charge in [-0.3, -0.25) is 8.75 Å². The van der Waals surface area contributed by atoms with E-state index in [1.54, 1.807) is 11.5 Å². The maximum absolute atomic E-state index is 12.7. The Morgan fingerprint density at radius 2 is 1.95 bits per heavy atom. The van der Waals surface area contributed by atoms with Crippen LogP contribution in [0.4, 0.5) is 0 Å². The summed E-state index contributed by atoms with van der Waals surface area (Å²) < 4.78 is 2.24. The minimum Gasteiger partial charge on any atom is -0.371 e. The molecule has 0 fully saturated rings. The summed E-state index contributed by atoms with van der Waals surface area (Å²) in [6.45, 7) is 16.7. The monoisotopic (exact) mass is 327 g/mol. The van der Waals surface area contributed by atoms with Crippen molar-refractivity contribution in [3.05, 3.63) is 22.8 Å². The SMILES string of the molecule is C/C=C(/C(=O)N(CC)[C@H](C)Cn1scc1C)N(C)CC.CC. The lowest BCUT2D eigenvalue weighted by molar-refractivity contribution is -0.130. The lowest BCUT2D eigenvalue weighted by atomic mass is 10.2. The van der Waals surface area contributed by atoms with E-state index >= 15 is 0 Å². The number of amides is 1. The lowest BCUT2D eigenvalue weighted by Crippen LogP contribution is -2.44. The number of likely N-dealkylation sites (N-methyl/N-ethyl adjacent to an activating group) is 2. The molecule has 0 unspecified atom stereocenters. The number of carbonyl (C=O) groups is 1. The standard InChI is InChI=1S/C15H27N3OS.C2H6/c1-7-14(16(6)8-2)15(19)17(9-3)12(4)10-18-13(5)11-20-18;1-2/h7,11-12H,8-10H2,1-6H3;1-2H3/b14-7-;/t12-;/m1./s1. The molecule has 0 radical (unpaired) electrons. The number of allylic oxidation sites excluding steroid dienone is 1. The number of rotatable bonds is 7. The van der Waals surface area contributed by atoms with Crippen molar-refractivity contribution in [1.82, 2.24) is 13.8 Å². The van der Waals surface area contributed by atoms with Gasteiger partial charge in [-0.2, -0.15) is 0 Å². The highest BCUT2D eigenvalue weighted by Gasteiger charge is 2.24. The van der Waals surface area contributed by atoms with Gasteiger partial charge in [0.2, 0.25) is 0 Å². The van der Waals surface area contributed by atoms with Gasteiger partial charge >= 0.3 is 0 Å². The molecule has 5 heteroatoms. The Labute approximate surface area is 140 Å². The van der Waals surface area contributed by atoms with Crippen molar-refractivity contribution in [3.8, 4) is 0 Å². The van der Waals surface area contributed by atoms with Gasteiger partial charge in [0.15, 0.2) is 0 Å². The van der Waals surface area contributed by atoms with Crippen molar-refractivity contribution in [2.45, 2.75) is 61.1 Å². The molecule has 0 aliphatic heterocycles. The van der Waals surface area contributed by atoms with Crippen LogP contribution in [0.5, 0.6) is 0 Å². The molecule has 1 heterocycles. The first kappa shape index (κ1) is 20.8. The van der Waals surface area contributed by atoms with Gasteiger partial charge in [0.25, 0.3) is 5.91 Å². The predicted octanol–water partition coefficient (Wildman–Crippen LogP) is 3.98. The Balaban J connectivity index is 0.00000211.